The summed E-state index contributed by atoms with van der Waals surface area (Å²) in [6.45, 7) is 4.55. The topological polar surface area (TPSA) is 17.4 Å². The van der Waals surface area contributed by atoms with Gasteiger partial charge >= 0.3 is 0 Å². The summed E-state index contributed by atoms with van der Waals surface area (Å²) in [5, 5.41) is 0. The molecule has 128 valence electrons. The van der Waals surface area contributed by atoms with Gasteiger partial charge in [-0.1, -0.05) is 42.0 Å². The predicted molar refractivity (Wildman–Crippen MR) is 96.0 cm³/mol. The second kappa shape index (κ2) is 6.82. The maximum atomic E-state index is 14.0. The Kier molecular flexibility index (Phi) is 4.38. The van der Waals surface area contributed by atoms with Crippen LogP contribution >= 0.6 is 0 Å². The zero-order valence-electron chi connectivity index (χ0n) is 14.2. The van der Waals surface area contributed by atoms with Crippen LogP contribution in [0.4, 0.5) is 4.39 Å². The number of rotatable bonds is 4. The number of aromatic nitrogens is 1. The Balaban J connectivity index is 1.56. The molecule has 1 fully saturated rings. The molecule has 1 aromatic heterocycles. The summed E-state index contributed by atoms with van der Waals surface area (Å²) >= 11 is 0. The highest BCUT2D eigenvalue weighted by atomic mass is 19.1. The fraction of sp³-hybridized carbons (Fsp3) is 0.238. The summed E-state index contributed by atoms with van der Waals surface area (Å²) < 4.78 is 21.8. The third-order valence-corrected chi connectivity index (χ3v) is 4.59. The van der Waals surface area contributed by atoms with Gasteiger partial charge in [0, 0.05) is 31.0 Å². The van der Waals surface area contributed by atoms with Crippen molar-refractivity contribution in [1.82, 2.24) is 9.47 Å². The minimum Gasteiger partial charge on any atom is -0.357 e. The summed E-state index contributed by atoms with van der Waals surface area (Å²) in [5.74, 6) is -0.228. The van der Waals surface area contributed by atoms with Gasteiger partial charge in [-0.2, -0.15) is 0 Å². The number of para-hydroxylation sites is 1. The molecule has 1 saturated heterocycles. The lowest BCUT2D eigenvalue weighted by Gasteiger charge is -2.22. The van der Waals surface area contributed by atoms with E-state index in [-0.39, 0.29) is 12.0 Å². The molecule has 1 aliphatic rings. The van der Waals surface area contributed by atoms with E-state index in [2.05, 4.69) is 36.1 Å². The predicted octanol–water partition coefficient (Wildman–Crippen LogP) is 4.46. The quantitative estimate of drug-likeness (QED) is 0.700. The van der Waals surface area contributed by atoms with Gasteiger partial charge in [0.05, 0.1) is 12.3 Å². The first-order chi connectivity index (χ1) is 12.2. The van der Waals surface area contributed by atoms with E-state index in [9.17, 15) is 4.39 Å². The van der Waals surface area contributed by atoms with E-state index in [0.29, 0.717) is 12.3 Å². The molecule has 25 heavy (non-hydrogen) atoms. The summed E-state index contributed by atoms with van der Waals surface area (Å²) in [7, 11) is 0. The Morgan fingerprint density at radius 1 is 1.12 bits per heavy atom. The van der Waals surface area contributed by atoms with E-state index in [1.807, 2.05) is 29.1 Å². The SMILES string of the molecule is Cc1cccc(CN2CCO[C@H]2c2ccn(-c3ccccc3F)c2)c1. The van der Waals surface area contributed by atoms with Gasteiger partial charge in [0.2, 0.25) is 0 Å². The summed E-state index contributed by atoms with van der Waals surface area (Å²) in [5.41, 5.74) is 4.15. The lowest BCUT2D eigenvalue weighted by atomic mass is 10.1. The Bertz CT molecular complexity index is 874. The van der Waals surface area contributed by atoms with Gasteiger partial charge in [0.1, 0.15) is 12.0 Å². The molecule has 1 atom stereocenters. The van der Waals surface area contributed by atoms with Crippen molar-refractivity contribution in [2.75, 3.05) is 13.2 Å². The van der Waals surface area contributed by atoms with Crippen molar-refractivity contribution in [3.05, 3.63) is 89.5 Å². The van der Waals surface area contributed by atoms with Gasteiger partial charge < -0.3 is 9.30 Å². The van der Waals surface area contributed by atoms with E-state index in [1.165, 1.54) is 17.2 Å². The van der Waals surface area contributed by atoms with Crippen molar-refractivity contribution in [2.45, 2.75) is 19.7 Å². The molecule has 0 amide bonds. The highest BCUT2D eigenvalue weighted by molar-refractivity contribution is 5.35. The molecule has 2 heterocycles. The first kappa shape index (κ1) is 16.1. The van der Waals surface area contributed by atoms with Crippen LogP contribution in [0.15, 0.2) is 67.0 Å². The number of nitrogens with zero attached hydrogens (tertiary/aromatic N) is 2. The van der Waals surface area contributed by atoms with Crippen LogP contribution in [0.5, 0.6) is 0 Å². The number of hydrogen-bond acceptors (Lipinski definition) is 2. The van der Waals surface area contributed by atoms with Gasteiger partial charge in [0.25, 0.3) is 0 Å². The van der Waals surface area contributed by atoms with E-state index in [0.717, 1.165) is 18.7 Å². The zero-order chi connectivity index (χ0) is 17.2. The number of hydrogen-bond donors (Lipinski definition) is 0. The molecule has 0 saturated carbocycles. The van der Waals surface area contributed by atoms with E-state index in [4.69, 9.17) is 4.74 Å². The van der Waals surface area contributed by atoms with Crippen LogP contribution in [0.3, 0.4) is 0 Å². The van der Waals surface area contributed by atoms with Gasteiger partial charge in [-0.3, -0.25) is 4.90 Å². The molecule has 0 N–H and O–H groups in total. The van der Waals surface area contributed by atoms with Crippen molar-refractivity contribution in [1.29, 1.82) is 0 Å². The Morgan fingerprint density at radius 2 is 2.00 bits per heavy atom. The van der Waals surface area contributed by atoms with E-state index in [1.54, 1.807) is 12.1 Å². The molecule has 0 spiro atoms. The summed E-state index contributed by atoms with van der Waals surface area (Å²) in [4.78, 5) is 2.32. The molecule has 2 aromatic carbocycles. The summed E-state index contributed by atoms with van der Waals surface area (Å²) in [6, 6.07) is 17.4. The maximum absolute atomic E-state index is 14.0. The number of benzene rings is 2. The van der Waals surface area contributed by atoms with E-state index < -0.39 is 0 Å². The van der Waals surface area contributed by atoms with Crippen LogP contribution in [-0.2, 0) is 11.3 Å². The standard InChI is InChI=1S/C21H21FN2O/c1-16-5-4-6-17(13-16)14-24-11-12-25-21(24)18-9-10-23(15-18)20-8-3-2-7-19(20)22/h2-10,13,15,21H,11-12,14H2,1H3/t21-/m0/s1. The first-order valence-corrected chi connectivity index (χ1v) is 8.55. The van der Waals surface area contributed by atoms with E-state index >= 15 is 0 Å². The zero-order valence-corrected chi connectivity index (χ0v) is 14.2. The van der Waals surface area contributed by atoms with Crippen molar-refractivity contribution < 1.29 is 9.13 Å². The molecular formula is C21H21FN2O. The highest BCUT2D eigenvalue weighted by Crippen LogP contribution is 2.29. The smallest absolute Gasteiger partial charge is 0.147 e. The molecule has 3 aromatic rings. The van der Waals surface area contributed by atoms with Crippen molar-refractivity contribution in [3.8, 4) is 5.69 Å². The summed E-state index contributed by atoms with van der Waals surface area (Å²) in [6.07, 6.45) is 3.76. The number of halogens is 1. The van der Waals surface area contributed by atoms with Gasteiger partial charge in [0.15, 0.2) is 0 Å². The fourth-order valence-corrected chi connectivity index (χ4v) is 3.39. The lowest BCUT2D eigenvalue weighted by Crippen LogP contribution is -2.23. The molecule has 3 nitrogen and oxygen atoms in total. The second-order valence-electron chi connectivity index (χ2n) is 6.49. The molecule has 0 unspecified atom stereocenters. The molecule has 0 aliphatic carbocycles. The van der Waals surface area contributed by atoms with Crippen LogP contribution in [-0.4, -0.2) is 22.6 Å². The van der Waals surface area contributed by atoms with Gasteiger partial charge in [-0.15, -0.1) is 0 Å². The normalized spacial score (nSPS) is 17.9. The third kappa shape index (κ3) is 3.36. The molecule has 4 heteroatoms. The minimum atomic E-state index is -0.228. The molecule has 4 rings (SSSR count). The fourth-order valence-electron chi connectivity index (χ4n) is 3.39. The van der Waals surface area contributed by atoms with Crippen molar-refractivity contribution in [3.63, 3.8) is 0 Å². The van der Waals surface area contributed by atoms with Crippen LogP contribution in [0.2, 0.25) is 0 Å². The third-order valence-electron chi connectivity index (χ3n) is 4.59. The van der Waals surface area contributed by atoms with Crippen molar-refractivity contribution in [2.24, 2.45) is 0 Å². The first-order valence-electron chi connectivity index (χ1n) is 8.55. The maximum Gasteiger partial charge on any atom is 0.147 e. The van der Waals surface area contributed by atoms with Crippen LogP contribution in [0.25, 0.3) is 5.69 Å². The highest BCUT2D eigenvalue weighted by Gasteiger charge is 2.27. The molecule has 0 bridgehead atoms. The van der Waals surface area contributed by atoms with Crippen LogP contribution in [0.1, 0.15) is 22.9 Å². The second-order valence-corrected chi connectivity index (χ2v) is 6.49. The lowest BCUT2D eigenvalue weighted by molar-refractivity contribution is 0.0288. The Hall–Kier alpha value is -2.43. The van der Waals surface area contributed by atoms with Crippen LogP contribution in [0, 0.1) is 12.7 Å². The molecule has 1 aliphatic heterocycles. The van der Waals surface area contributed by atoms with Crippen LogP contribution < -0.4 is 0 Å². The molecule has 0 radical (unpaired) electrons. The largest absolute Gasteiger partial charge is 0.357 e. The average molecular weight is 336 g/mol. The van der Waals surface area contributed by atoms with Gasteiger partial charge in [-0.25, -0.2) is 4.39 Å². The molecular weight excluding hydrogens is 315 g/mol. The number of ether oxygens (including phenoxy) is 1. The van der Waals surface area contributed by atoms with Gasteiger partial charge in [-0.05, 0) is 30.7 Å². The van der Waals surface area contributed by atoms with Crippen molar-refractivity contribution >= 4 is 0 Å². The average Bonchev–Trinajstić information content (AvgIpc) is 3.24. The Morgan fingerprint density at radius 3 is 2.84 bits per heavy atom. The Labute approximate surface area is 147 Å². The minimum absolute atomic E-state index is 0.0893. The monoisotopic (exact) mass is 336 g/mol. The number of aryl methyl sites for hydroxylation is 1.